The maximum atomic E-state index is 6.57. The second-order valence-electron chi connectivity index (χ2n) is 16.0. The molecule has 1 aliphatic carbocycles. The molecule has 0 spiro atoms. The smallest absolute Gasteiger partial charge is 0.136 e. The summed E-state index contributed by atoms with van der Waals surface area (Å²) in [4.78, 5) is 0. The van der Waals surface area contributed by atoms with Gasteiger partial charge < -0.3 is 4.42 Å². The number of para-hydroxylation sites is 1. The monoisotopic (exact) mass is 734 g/mol. The molecule has 1 aromatic heterocycles. The molecule has 0 saturated carbocycles. The zero-order valence-corrected chi connectivity index (χ0v) is 31.5. The molecule has 1 aliphatic rings. The van der Waals surface area contributed by atoms with Gasteiger partial charge in [0.1, 0.15) is 11.2 Å². The summed E-state index contributed by atoms with van der Waals surface area (Å²) in [7, 11) is 0. The second-order valence-corrected chi connectivity index (χ2v) is 16.0. The van der Waals surface area contributed by atoms with Crippen LogP contribution < -0.4 is 0 Å². The Kier molecular flexibility index (Phi) is 6.43. The molecule has 268 valence electrons. The summed E-state index contributed by atoms with van der Waals surface area (Å²) in [5, 5.41) is 12.5. The molecule has 0 amide bonds. The highest BCUT2D eigenvalue weighted by molar-refractivity contribution is 6.24. The maximum Gasteiger partial charge on any atom is 0.136 e. The largest absolute Gasteiger partial charge is 0.456 e. The van der Waals surface area contributed by atoms with Crippen molar-refractivity contribution in [1.82, 2.24) is 0 Å². The third-order valence-electron chi connectivity index (χ3n) is 13.0. The van der Waals surface area contributed by atoms with Crippen LogP contribution in [-0.2, 0) is 5.41 Å². The molecule has 11 aromatic carbocycles. The van der Waals surface area contributed by atoms with Gasteiger partial charge in [-0.2, -0.15) is 0 Å². The van der Waals surface area contributed by atoms with Crippen molar-refractivity contribution in [3.05, 3.63) is 229 Å². The Hall–Kier alpha value is -7.48. The lowest BCUT2D eigenvalue weighted by atomic mass is 9.66. The fourth-order valence-electron chi connectivity index (χ4n) is 10.6. The number of fused-ring (bicyclic) bond motifs is 8. The van der Waals surface area contributed by atoms with E-state index in [1.807, 2.05) is 6.07 Å². The molecule has 0 unspecified atom stereocenters. The van der Waals surface area contributed by atoms with Crippen LogP contribution in [0.3, 0.4) is 0 Å². The lowest BCUT2D eigenvalue weighted by Crippen LogP contribution is -2.29. The van der Waals surface area contributed by atoms with Crippen LogP contribution in [-0.4, -0.2) is 0 Å². The average Bonchev–Trinajstić information content (AvgIpc) is 3.82. The van der Waals surface area contributed by atoms with Crippen molar-refractivity contribution < 1.29 is 4.42 Å². The molecule has 0 atom stereocenters. The Morgan fingerprint density at radius 2 is 0.897 bits per heavy atom. The molecule has 1 heterocycles. The minimum absolute atomic E-state index is 0.599. The molecule has 0 saturated heterocycles. The summed E-state index contributed by atoms with van der Waals surface area (Å²) in [5.41, 5.74) is 13.6. The Balaban J connectivity index is 1.19. The first kappa shape index (κ1) is 31.7. The van der Waals surface area contributed by atoms with Gasteiger partial charge in [-0.15, -0.1) is 0 Å². The quantitative estimate of drug-likeness (QED) is 0.164. The minimum atomic E-state index is -0.599. The maximum absolute atomic E-state index is 6.57. The molecule has 13 rings (SSSR count). The third-order valence-corrected chi connectivity index (χ3v) is 13.0. The van der Waals surface area contributed by atoms with Crippen molar-refractivity contribution >= 4 is 65.0 Å². The van der Waals surface area contributed by atoms with Crippen LogP contribution in [0.15, 0.2) is 211 Å². The Bertz CT molecular complexity index is 3510. The molecule has 12 aromatic rings. The SMILES string of the molecule is c1ccc(C2(c3ccccc3)c3cc(-c4cc5ccc6cccc7ccc(c4)c5c67)cc(-c4ccc5c(c4)oc4ccccc45)c3-c3ccc4ccccc4c32)cc1. The molecule has 0 N–H and O–H groups in total. The molecular formula is C57H34O. The Morgan fingerprint density at radius 1 is 0.328 bits per heavy atom. The Labute approximate surface area is 335 Å². The normalized spacial score (nSPS) is 13.3. The van der Waals surface area contributed by atoms with Crippen molar-refractivity contribution in [3.63, 3.8) is 0 Å². The van der Waals surface area contributed by atoms with Crippen molar-refractivity contribution in [2.75, 3.05) is 0 Å². The van der Waals surface area contributed by atoms with E-state index < -0.39 is 5.41 Å². The van der Waals surface area contributed by atoms with E-state index in [1.165, 1.54) is 93.2 Å². The fraction of sp³-hybridized carbons (Fsp3) is 0.0175. The number of furan rings is 1. The van der Waals surface area contributed by atoms with Crippen LogP contribution >= 0.6 is 0 Å². The van der Waals surface area contributed by atoms with E-state index in [2.05, 4.69) is 200 Å². The van der Waals surface area contributed by atoms with Crippen molar-refractivity contribution in [1.29, 1.82) is 0 Å². The van der Waals surface area contributed by atoms with Gasteiger partial charge in [-0.05, 0) is 141 Å². The summed E-state index contributed by atoms with van der Waals surface area (Å²) in [6, 6.07) is 76.7. The number of hydrogen-bond acceptors (Lipinski definition) is 1. The Morgan fingerprint density at radius 3 is 1.64 bits per heavy atom. The van der Waals surface area contributed by atoms with Crippen LogP contribution in [0.4, 0.5) is 0 Å². The lowest BCUT2D eigenvalue weighted by Gasteiger charge is -2.35. The first-order valence-electron chi connectivity index (χ1n) is 20.2. The lowest BCUT2D eigenvalue weighted by molar-refractivity contribution is 0.669. The van der Waals surface area contributed by atoms with Crippen LogP contribution in [0.25, 0.3) is 98.4 Å². The van der Waals surface area contributed by atoms with Gasteiger partial charge in [-0.1, -0.05) is 164 Å². The van der Waals surface area contributed by atoms with Crippen molar-refractivity contribution in [2.24, 2.45) is 0 Å². The number of rotatable bonds is 4. The summed E-state index contributed by atoms with van der Waals surface area (Å²) in [5.74, 6) is 0. The van der Waals surface area contributed by atoms with Gasteiger partial charge in [0.2, 0.25) is 0 Å². The number of hydrogen-bond donors (Lipinski definition) is 0. The van der Waals surface area contributed by atoms with Gasteiger partial charge in [0.05, 0.1) is 5.41 Å². The van der Waals surface area contributed by atoms with E-state index in [4.69, 9.17) is 4.42 Å². The first-order valence-corrected chi connectivity index (χ1v) is 20.2. The summed E-state index contributed by atoms with van der Waals surface area (Å²) >= 11 is 0. The van der Waals surface area contributed by atoms with Gasteiger partial charge in [0.25, 0.3) is 0 Å². The van der Waals surface area contributed by atoms with E-state index in [9.17, 15) is 0 Å². The standard InChI is InChI=1S/C57H34O/c1-3-15-43(16-4-1)57(44-17-5-2-6-18-44)50-33-42(41-30-39-24-22-36-13-11-14-37-23-25-40(31-41)54(39)53(36)37)32-49(55(50)48-29-26-35-12-7-8-19-45(35)56(48)57)38-27-28-47-46-20-9-10-21-51(46)58-52(47)34-38/h1-34H. The number of benzene rings is 11. The molecule has 0 aliphatic heterocycles. The van der Waals surface area contributed by atoms with E-state index in [-0.39, 0.29) is 0 Å². The van der Waals surface area contributed by atoms with E-state index >= 15 is 0 Å². The highest BCUT2D eigenvalue weighted by Gasteiger charge is 2.48. The van der Waals surface area contributed by atoms with E-state index in [1.54, 1.807) is 0 Å². The predicted molar refractivity (Wildman–Crippen MR) is 243 cm³/mol. The summed E-state index contributed by atoms with van der Waals surface area (Å²) in [6.45, 7) is 0. The molecular weight excluding hydrogens is 701 g/mol. The second kappa shape index (κ2) is 11.8. The highest BCUT2D eigenvalue weighted by Crippen LogP contribution is 2.61. The summed E-state index contributed by atoms with van der Waals surface area (Å²) in [6.07, 6.45) is 0. The van der Waals surface area contributed by atoms with Crippen LogP contribution in [0.5, 0.6) is 0 Å². The average molecular weight is 735 g/mol. The van der Waals surface area contributed by atoms with Gasteiger partial charge >= 0.3 is 0 Å². The summed E-state index contributed by atoms with van der Waals surface area (Å²) < 4.78 is 6.57. The molecule has 58 heavy (non-hydrogen) atoms. The highest BCUT2D eigenvalue weighted by atomic mass is 16.3. The molecule has 0 fully saturated rings. The van der Waals surface area contributed by atoms with Crippen LogP contribution in [0.2, 0.25) is 0 Å². The first-order chi connectivity index (χ1) is 28.7. The van der Waals surface area contributed by atoms with E-state index in [0.717, 1.165) is 27.5 Å². The zero-order chi connectivity index (χ0) is 38.0. The topological polar surface area (TPSA) is 13.1 Å². The van der Waals surface area contributed by atoms with Gasteiger partial charge in [0.15, 0.2) is 0 Å². The molecule has 0 radical (unpaired) electrons. The fourth-order valence-corrected chi connectivity index (χ4v) is 10.6. The molecule has 0 bridgehead atoms. The van der Waals surface area contributed by atoms with Crippen molar-refractivity contribution in [2.45, 2.75) is 5.41 Å². The van der Waals surface area contributed by atoms with Crippen LogP contribution in [0.1, 0.15) is 22.3 Å². The minimum Gasteiger partial charge on any atom is -0.456 e. The van der Waals surface area contributed by atoms with E-state index in [0.29, 0.717) is 0 Å². The predicted octanol–water partition coefficient (Wildman–Crippen LogP) is 15.3. The zero-order valence-electron chi connectivity index (χ0n) is 31.5. The van der Waals surface area contributed by atoms with Gasteiger partial charge in [-0.25, -0.2) is 0 Å². The van der Waals surface area contributed by atoms with Gasteiger partial charge in [0, 0.05) is 10.8 Å². The van der Waals surface area contributed by atoms with Crippen LogP contribution in [0, 0.1) is 0 Å². The van der Waals surface area contributed by atoms with Gasteiger partial charge in [-0.3, -0.25) is 0 Å². The molecule has 1 heteroatoms. The third kappa shape index (κ3) is 4.25. The van der Waals surface area contributed by atoms with Crippen molar-refractivity contribution in [3.8, 4) is 33.4 Å². The molecule has 1 nitrogen and oxygen atoms in total.